The Bertz CT molecular complexity index is 938. The van der Waals surface area contributed by atoms with Gasteiger partial charge in [0.1, 0.15) is 0 Å². The molecule has 3 rings (SSSR count). The Labute approximate surface area is 149 Å². The molecule has 0 unspecified atom stereocenters. The van der Waals surface area contributed by atoms with Gasteiger partial charge in [-0.1, -0.05) is 0 Å². The van der Waals surface area contributed by atoms with Gasteiger partial charge in [0.2, 0.25) is 0 Å². The molecule has 3 aromatic rings. The summed E-state index contributed by atoms with van der Waals surface area (Å²) in [5.74, 6) is 0.218. The molecular formula is C21H25N2OP. The van der Waals surface area contributed by atoms with E-state index < -0.39 is 7.26 Å². The Morgan fingerprint density at radius 3 is 2.56 bits per heavy atom. The Kier molecular flexibility index (Phi) is 4.89. The van der Waals surface area contributed by atoms with Crippen molar-refractivity contribution in [3.8, 4) is 5.75 Å². The molecule has 3 N–H and O–H groups in total. The standard InChI is InChI=1S/C21H25N2OP/c1-4-15-8-7-10-17(12-15)25(3,14-22)19-13-16-9-5-6-11-18(16)20(23-2)21(19)24/h5-13,24-25H,2,4,14,22H2,1,3H3. The monoisotopic (exact) mass is 352 g/mol. The number of phenolic OH excluding ortho intramolecular Hbond substituents is 1. The van der Waals surface area contributed by atoms with Crippen molar-refractivity contribution in [2.24, 2.45) is 10.7 Å². The van der Waals surface area contributed by atoms with Crippen LogP contribution in [0.2, 0.25) is 0 Å². The van der Waals surface area contributed by atoms with E-state index in [0.29, 0.717) is 12.0 Å². The second-order valence-electron chi connectivity index (χ2n) is 6.59. The molecule has 0 heterocycles. The van der Waals surface area contributed by atoms with Gasteiger partial charge in [-0.2, -0.15) is 0 Å². The third kappa shape index (κ3) is 2.95. The summed E-state index contributed by atoms with van der Waals surface area (Å²) in [4.78, 5) is 4.12. The van der Waals surface area contributed by atoms with Crippen LogP contribution in [0, 0.1) is 0 Å². The number of nitrogens with two attached hydrogens (primary N) is 1. The Morgan fingerprint density at radius 1 is 1.12 bits per heavy atom. The zero-order valence-corrected chi connectivity index (χ0v) is 15.8. The molecule has 0 aliphatic carbocycles. The molecule has 0 bridgehead atoms. The predicted molar refractivity (Wildman–Crippen MR) is 113 cm³/mol. The minimum absolute atomic E-state index is 0.218. The zero-order valence-electron chi connectivity index (χ0n) is 14.8. The summed E-state index contributed by atoms with van der Waals surface area (Å²) in [6, 6.07) is 18.6. The fourth-order valence-electron chi connectivity index (χ4n) is 3.42. The number of aryl methyl sites for hydroxylation is 1. The van der Waals surface area contributed by atoms with Crippen molar-refractivity contribution < 1.29 is 5.11 Å². The number of hydrogen-bond donors (Lipinski definition) is 2. The van der Waals surface area contributed by atoms with E-state index in [9.17, 15) is 5.11 Å². The SMILES string of the molecule is C=Nc1c(O)c([PH](C)(CN)c2cccc(CC)c2)cc2ccccc12. The van der Waals surface area contributed by atoms with Crippen molar-refractivity contribution in [1.82, 2.24) is 0 Å². The van der Waals surface area contributed by atoms with Crippen LogP contribution in [-0.4, -0.2) is 24.8 Å². The summed E-state index contributed by atoms with van der Waals surface area (Å²) >= 11 is 0. The molecule has 0 aliphatic rings. The minimum atomic E-state index is -2.29. The fourth-order valence-corrected chi connectivity index (χ4v) is 6.27. The van der Waals surface area contributed by atoms with Gasteiger partial charge in [0, 0.05) is 0 Å². The summed E-state index contributed by atoms with van der Waals surface area (Å²) in [5.41, 5.74) is 8.10. The molecule has 0 aromatic heterocycles. The molecule has 0 amide bonds. The molecule has 25 heavy (non-hydrogen) atoms. The Morgan fingerprint density at radius 2 is 1.88 bits per heavy atom. The van der Waals surface area contributed by atoms with Gasteiger partial charge >= 0.3 is 149 Å². The molecule has 3 nitrogen and oxygen atoms in total. The number of nitrogens with zero attached hydrogens (tertiary/aromatic N) is 1. The average Bonchev–Trinajstić information content (AvgIpc) is 2.67. The molecular weight excluding hydrogens is 327 g/mol. The van der Waals surface area contributed by atoms with E-state index in [4.69, 9.17) is 5.73 Å². The van der Waals surface area contributed by atoms with Gasteiger partial charge in [-0.3, -0.25) is 0 Å². The van der Waals surface area contributed by atoms with Crippen LogP contribution in [-0.2, 0) is 6.42 Å². The second-order valence-corrected chi connectivity index (χ2v) is 10.8. The van der Waals surface area contributed by atoms with E-state index in [1.54, 1.807) is 0 Å². The summed E-state index contributed by atoms with van der Waals surface area (Å²) in [6.07, 6.45) is 1.49. The summed E-state index contributed by atoms with van der Waals surface area (Å²) in [7, 11) is -2.29. The summed E-state index contributed by atoms with van der Waals surface area (Å²) in [6.45, 7) is 8.02. The van der Waals surface area contributed by atoms with Crippen molar-refractivity contribution in [1.29, 1.82) is 0 Å². The Hall–Kier alpha value is -2.22. The van der Waals surface area contributed by atoms with Crippen LogP contribution >= 0.6 is 7.26 Å². The number of rotatable bonds is 5. The van der Waals surface area contributed by atoms with Gasteiger partial charge in [-0.15, -0.1) is 0 Å². The maximum absolute atomic E-state index is 11.0. The van der Waals surface area contributed by atoms with Crippen molar-refractivity contribution >= 4 is 41.0 Å². The van der Waals surface area contributed by atoms with Crippen LogP contribution in [0.5, 0.6) is 5.75 Å². The molecule has 0 aliphatic heterocycles. The van der Waals surface area contributed by atoms with Crippen LogP contribution in [0.1, 0.15) is 12.5 Å². The van der Waals surface area contributed by atoms with Gasteiger partial charge in [0.25, 0.3) is 0 Å². The maximum atomic E-state index is 11.0. The summed E-state index contributed by atoms with van der Waals surface area (Å²) < 4.78 is 0. The fraction of sp³-hybridized carbons (Fsp3) is 0.190. The van der Waals surface area contributed by atoms with Gasteiger partial charge in [-0.05, 0) is 0 Å². The van der Waals surface area contributed by atoms with Crippen LogP contribution in [0.25, 0.3) is 10.8 Å². The number of fused-ring (bicyclic) bond motifs is 1. The predicted octanol–water partition coefficient (Wildman–Crippen LogP) is 3.69. The van der Waals surface area contributed by atoms with Crippen LogP contribution in [0.15, 0.2) is 59.6 Å². The third-order valence-electron chi connectivity index (χ3n) is 5.13. The molecule has 0 spiro atoms. The zero-order chi connectivity index (χ0) is 18.0. The van der Waals surface area contributed by atoms with E-state index in [1.165, 1.54) is 10.9 Å². The first-order valence-electron chi connectivity index (χ1n) is 8.56. The van der Waals surface area contributed by atoms with E-state index in [-0.39, 0.29) is 5.75 Å². The Balaban J connectivity index is 2.31. The van der Waals surface area contributed by atoms with Crippen molar-refractivity contribution in [2.45, 2.75) is 13.3 Å². The van der Waals surface area contributed by atoms with Crippen LogP contribution in [0.4, 0.5) is 5.69 Å². The van der Waals surface area contributed by atoms with E-state index in [1.807, 2.05) is 24.3 Å². The number of aliphatic imine (C=N–C) groups is 1. The molecule has 4 heteroatoms. The van der Waals surface area contributed by atoms with E-state index in [0.717, 1.165) is 22.5 Å². The van der Waals surface area contributed by atoms with Crippen molar-refractivity contribution in [2.75, 3.05) is 13.0 Å². The molecule has 0 atom stereocenters. The second kappa shape index (κ2) is 6.95. The van der Waals surface area contributed by atoms with E-state index in [2.05, 4.69) is 55.6 Å². The number of aromatic hydroxyl groups is 1. The summed E-state index contributed by atoms with van der Waals surface area (Å²) in [5, 5.41) is 15.1. The molecule has 0 saturated heterocycles. The van der Waals surface area contributed by atoms with Crippen LogP contribution in [0.3, 0.4) is 0 Å². The molecule has 3 aromatic carbocycles. The van der Waals surface area contributed by atoms with Crippen molar-refractivity contribution in [3.05, 3.63) is 60.2 Å². The third-order valence-corrected chi connectivity index (χ3v) is 9.10. The first-order valence-corrected chi connectivity index (χ1v) is 11.3. The number of benzene rings is 3. The molecule has 0 saturated carbocycles. The van der Waals surface area contributed by atoms with Gasteiger partial charge in [-0.25, -0.2) is 0 Å². The topological polar surface area (TPSA) is 58.6 Å². The van der Waals surface area contributed by atoms with Gasteiger partial charge < -0.3 is 0 Å². The van der Waals surface area contributed by atoms with Gasteiger partial charge in [0.05, 0.1) is 0 Å². The molecule has 130 valence electrons. The van der Waals surface area contributed by atoms with E-state index >= 15 is 0 Å². The number of hydrogen-bond acceptors (Lipinski definition) is 3. The quantitative estimate of drug-likeness (QED) is 0.543. The first-order chi connectivity index (χ1) is 12.0. The van der Waals surface area contributed by atoms with Crippen molar-refractivity contribution in [3.63, 3.8) is 0 Å². The average molecular weight is 352 g/mol. The number of phenols is 1. The van der Waals surface area contributed by atoms with Gasteiger partial charge in [0.15, 0.2) is 0 Å². The normalized spacial score (nSPS) is 12.3. The molecule has 0 fully saturated rings. The van der Waals surface area contributed by atoms with Crippen LogP contribution < -0.4 is 16.3 Å². The molecule has 0 radical (unpaired) electrons. The first kappa shape index (κ1) is 17.6.